The lowest BCUT2D eigenvalue weighted by Gasteiger charge is -2.16. The molecular formula is C20H21F4N5O3. The molecular weight excluding hydrogens is 434 g/mol. The second kappa shape index (κ2) is 9.47. The lowest BCUT2D eigenvalue weighted by Crippen LogP contribution is -2.34. The first-order valence-corrected chi connectivity index (χ1v) is 9.59. The summed E-state index contributed by atoms with van der Waals surface area (Å²) >= 11 is 0. The smallest absolute Gasteiger partial charge is 0.340 e. The number of fused-ring (bicyclic) bond motifs is 1. The molecule has 1 unspecified atom stereocenters. The number of hydrogen-bond donors (Lipinski definition) is 2. The van der Waals surface area contributed by atoms with Crippen LogP contribution in [0.15, 0.2) is 30.7 Å². The minimum Gasteiger partial charge on any atom is -0.471 e. The molecule has 0 spiro atoms. The van der Waals surface area contributed by atoms with Crippen LogP contribution in [0.2, 0.25) is 0 Å². The molecule has 1 atom stereocenters. The van der Waals surface area contributed by atoms with E-state index in [2.05, 4.69) is 20.4 Å². The minimum atomic E-state index is -4.27. The average molecular weight is 455 g/mol. The van der Waals surface area contributed by atoms with E-state index in [-0.39, 0.29) is 24.7 Å². The standard InChI is InChI=1S/C20H21F4N5O3/c1-11-5-13(7-27-18(11)32-10-20(23,24)19(21)22)8-29-9-14-15(28-29)3-4-25-16(14)17(31)26-6-12(2)30/h3-5,7,9,12,19,30H,6,8,10H2,1-2H3,(H,26,31). The fourth-order valence-electron chi connectivity index (χ4n) is 2.85. The van der Waals surface area contributed by atoms with Gasteiger partial charge in [0.2, 0.25) is 5.88 Å². The lowest BCUT2D eigenvalue weighted by atomic mass is 10.2. The van der Waals surface area contributed by atoms with Crippen LogP contribution in [-0.4, -0.2) is 62.4 Å². The molecule has 0 aliphatic carbocycles. The molecule has 8 nitrogen and oxygen atoms in total. The number of aliphatic hydroxyl groups is 1. The molecule has 3 heterocycles. The Labute approximate surface area is 180 Å². The average Bonchev–Trinajstić information content (AvgIpc) is 3.13. The largest absolute Gasteiger partial charge is 0.471 e. The number of aromatic nitrogens is 4. The summed E-state index contributed by atoms with van der Waals surface area (Å²) in [6.45, 7) is 1.94. The molecule has 3 aromatic rings. The second-order valence-corrected chi connectivity index (χ2v) is 7.29. The number of hydrogen-bond acceptors (Lipinski definition) is 6. The number of amides is 1. The van der Waals surface area contributed by atoms with Gasteiger partial charge in [0.25, 0.3) is 5.91 Å². The normalized spacial score (nSPS) is 12.9. The van der Waals surface area contributed by atoms with E-state index in [0.29, 0.717) is 22.0 Å². The summed E-state index contributed by atoms with van der Waals surface area (Å²) in [6.07, 6.45) is -0.0920. The van der Waals surface area contributed by atoms with Crippen LogP contribution < -0.4 is 10.1 Å². The third-order valence-corrected chi connectivity index (χ3v) is 4.41. The van der Waals surface area contributed by atoms with E-state index in [9.17, 15) is 27.5 Å². The number of nitrogens with one attached hydrogen (secondary N) is 1. The molecule has 0 aliphatic rings. The number of rotatable bonds is 9. The Morgan fingerprint density at radius 2 is 2.09 bits per heavy atom. The Kier molecular flexibility index (Phi) is 6.92. The quantitative estimate of drug-likeness (QED) is 0.481. The predicted octanol–water partition coefficient (Wildman–Crippen LogP) is 2.57. The van der Waals surface area contributed by atoms with Gasteiger partial charge in [0, 0.05) is 30.7 Å². The van der Waals surface area contributed by atoms with Gasteiger partial charge in [0.15, 0.2) is 6.61 Å². The maximum absolute atomic E-state index is 13.0. The summed E-state index contributed by atoms with van der Waals surface area (Å²) in [6, 6.07) is 3.25. The Bertz CT molecular complexity index is 1100. The summed E-state index contributed by atoms with van der Waals surface area (Å²) in [7, 11) is 0. The zero-order valence-electron chi connectivity index (χ0n) is 17.2. The molecule has 0 saturated carbocycles. The Balaban J connectivity index is 1.74. The lowest BCUT2D eigenvalue weighted by molar-refractivity contribution is -0.148. The van der Waals surface area contributed by atoms with Gasteiger partial charge in [-0.15, -0.1) is 0 Å². The van der Waals surface area contributed by atoms with E-state index in [1.54, 1.807) is 36.9 Å². The summed E-state index contributed by atoms with van der Waals surface area (Å²) < 4.78 is 56.9. The summed E-state index contributed by atoms with van der Waals surface area (Å²) in [4.78, 5) is 20.4. The SMILES string of the molecule is Cc1cc(Cn2cc3c(C(=O)NCC(C)O)nccc3n2)cnc1OCC(F)(F)C(F)F. The number of halogens is 4. The van der Waals surface area contributed by atoms with E-state index in [1.807, 2.05) is 0 Å². The van der Waals surface area contributed by atoms with Gasteiger partial charge in [-0.05, 0) is 31.5 Å². The van der Waals surface area contributed by atoms with E-state index in [4.69, 9.17) is 4.74 Å². The minimum absolute atomic E-state index is 0.0770. The highest BCUT2D eigenvalue weighted by Crippen LogP contribution is 2.25. The first-order valence-electron chi connectivity index (χ1n) is 9.59. The van der Waals surface area contributed by atoms with Crippen LogP contribution in [0.25, 0.3) is 10.9 Å². The molecule has 12 heteroatoms. The van der Waals surface area contributed by atoms with Crippen LogP contribution in [-0.2, 0) is 6.54 Å². The van der Waals surface area contributed by atoms with Gasteiger partial charge in [-0.1, -0.05) is 0 Å². The fraction of sp³-hybridized carbons (Fsp3) is 0.400. The van der Waals surface area contributed by atoms with Gasteiger partial charge in [-0.25, -0.2) is 13.8 Å². The van der Waals surface area contributed by atoms with Crippen molar-refractivity contribution >= 4 is 16.8 Å². The number of carbonyl (C=O) groups excluding carboxylic acids is 1. The zero-order chi connectivity index (χ0) is 23.5. The Morgan fingerprint density at radius 3 is 2.75 bits per heavy atom. The van der Waals surface area contributed by atoms with Crippen molar-refractivity contribution < 1.29 is 32.2 Å². The summed E-state index contributed by atoms with van der Waals surface area (Å²) in [5, 5.41) is 16.8. The number of nitrogens with zero attached hydrogens (tertiary/aromatic N) is 4. The molecule has 2 N–H and O–H groups in total. The van der Waals surface area contributed by atoms with E-state index >= 15 is 0 Å². The second-order valence-electron chi connectivity index (χ2n) is 7.29. The van der Waals surface area contributed by atoms with Crippen molar-refractivity contribution in [1.82, 2.24) is 25.1 Å². The highest BCUT2D eigenvalue weighted by atomic mass is 19.3. The van der Waals surface area contributed by atoms with Gasteiger partial charge in [-0.2, -0.15) is 13.9 Å². The molecule has 0 aliphatic heterocycles. The maximum Gasteiger partial charge on any atom is 0.340 e. The van der Waals surface area contributed by atoms with Crippen molar-refractivity contribution in [2.24, 2.45) is 0 Å². The van der Waals surface area contributed by atoms with Gasteiger partial charge < -0.3 is 15.2 Å². The topological polar surface area (TPSA) is 102 Å². The van der Waals surface area contributed by atoms with E-state index < -0.39 is 31.0 Å². The maximum atomic E-state index is 13.0. The number of aryl methyl sites for hydroxylation is 1. The van der Waals surface area contributed by atoms with Crippen LogP contribution in [0.1, 0.15) is 28.5 Å². The third-order valence-electron chi connectivity index (χ3n) is 4.41. The number of carbonyl (C=O) groups is 1. The van der Waals surface area contributed by atoms with Crippen molar-refractivity contribution in [1.29, 1.82) is 0 Å². The first-order chi connectivity index (χ1) is 15.1. The molecule has 0 fully saturated rings. The van der Waals surface area contributed by atoms with E-state index in [1.165, 1.54) is 12.4 Å². The van der Waals surface area contributed by atoms with Gasteiger partial charge in [0.1, 0.15) is 5.69 Å². The molecule has 0 bridgehead atoms. The molecule has 3 rings (SSSR count). The van der Waals surface area contributed by atoms with Crippen molar-refractivity contribution in [2.45, 2.75) is 38.8 Å². The molecule has 0 radical (unpaired) electrons. The number of alkyl halides is 4. The summed E-state index contributed by atoms with van der Waals surface area (Å²) in [5.41, 5.74) is 1.73. The van der Waals surface area contributed by atoms with Crippen LogP contribution in [0.5, 0.6) is 5.88 Å². The first kappa shape index (κ1) is 23.4. The highest BCUT2D eigenvalue weighted by Gasteiger charge is 2.42. The highest BCUT2D eigenvalue weighted by molar-refractivity contribution is 6.04. The van der Waals surface area contributed by atoms with Crippen molar-refractivity contribution in [2.75, 3.05) is 13.2 Å². The Hall–Kier alpha value is -3.28. The molecule has 32 heavy (non-hydrogen) atoms. The Morgan fingerprint density at radius 1 is 1.34 bits per heavy atom. The zero-order valence-corrected chi connectivity index (χ0v) is 17.2. The molecule has 172 valence electrons. The van der Waals surface area contributed by atoms with Crippen LogP contribution >= 0.6 is 0 Å². The number of pyridine rings is 2. The van der Waals surface area contributed by atoms with E-state index in [0.717, 1.165) is 0 Å². The van der Waals surface area contributed by atoms with Crippen molar-refractivity contribution in [3.8, 4) is 5.88 Å². The monoisotopic (exact) mass is 455 g/mol. The molecule has 0 aromatic carbocycles. The third kappa shape index (κ3) is 5.49. The van der Waals surface area contributed by atoms with Crippen molar-refractivity contribution in [3.63, 3.8) is 0 Å². The number of aliphatic hydroxyl groups excluding tert-OH is 1. The molecule has 1 amide bonds. The van der Waals surface area contributed by atoms with Gasteiger partial charge >= 0.3 is 12.3 Å². The van der Waals surface area contributed by atoms with Crippen molar-refractivity contribution in [3.05, 3.63) is 47.5 Å². The number of ether oxygens (including phenoxy) is 1. The fourth-order valence-corrected chi connectivity index (χ4v) is 2.85. The van der Waals surface area contributed by atoms with Crippen LogP contribution in [0.3, 0.4) is 0 Å². The molecule has 3 aromatic heterocycles. The predicted molar refractivity (Wildman–Crippen MR) is 106 cm³/mol. The van der Waals surface area contributed by atoms with Gasteiger partial charge in [0.05, 0.1) is 23.6 Å². The molecule has 0 saturated heterocycles. The van der Waals surface area contributed by atoms with Gasteiger partial charge in [-0.3, -0.25) is 14.5 Å². The van der Waals surface area contributed by atoms with Crippen LogP contribution in [0, 0.1) is 6.92 Å². The van der Waals surface area contributed by atoms with Crippen LogP contribution in [0.4, 0.5) is 17.6 Å². The summed E-state index contributed by atoms with van der Waals surface area (Å²) in [5.74, 6) is -4.88.